The molecule has 2 aromatic heterocycles. The quantitative estimate of drug-likeness (QED) is 0.770. The minimum Gasteiger partial charge on any atom is -0.350 e. The number of carbonyl (C=O) groups excluding carboxylic acids is 2. The molecule has 6 nitrogen and oxygen atoms in total. The number of carbonyl (C=O) groups is 2. The Bertz CT molecular complexity index is 933. The molecule has 2 amide bonds. The molecule has 0 bridgehead atoms. The first-order chi connectivity index (χ1) is 12.6. The Hall–Kier alpha value is -2.67. The summed E-state index contributed by atoms with van der Waals surface area (Å²) in [6, 6.07) is 7.86. The number of imidazole rings is 1. The number of nitrogens with zero attached hydrogens (tertiary/aromatic N) is 3. The topological polar surface area (TPSA) is 66.7 Å². The molecule has 0 radical (unpaired) electrons. The molecule has 4 rings (SSSR count). The molecular formula is C19H20N4O2S. The second kappa shape index (κ2) is 6.92. The average Bonchev–Trinajstić information content (AvgIpc) is 3.21. The standard InChI is InChI=1S/C19H20N4O2S/c1-13(24)23-7-6-14-4-2-3-5-16(14)17(23)10-18(25)20-11-15-12-22-8-9-26-19(22)21-15/h2-5,8-9,12,17H,6-7,10-11H2,1H3,(H,20,25). The molecule has 0 spiro atoms. The van der Waals surface area contributed by atoms with Gasteiger partial charge in [-0.25, -0.2) is 4.98 Å². The van der Waals surface area contributed by atoms with Crippen LogP contribution in [0, 0.1) is 0 Å². The lowest BCUT2D eigenvalue weighted by Crippen LogP contribution is -2.41. The molecule has 1 N–H and O–H groups in total. The number of benzene rings is 1. The van der Waals surface area contributed by atoms with Gasteiger partial charge in [0.25, 0.3) is 0 Å². The molecule has 1 atom stereocenters. The van der Waals surface area contributed by atoms with Crippen LogP contribution in [-0.2, 0) is 22.6 Å². The van der Waals surface area contributed by atoms with Crippen molar-refractivity contribution >= 4 is 28.1 Å². The van der Waals surface area contributed by atoms with Crippen LogP contribution in [0.3, 0.4) is 0 Å². The Labute approximate surface area is 155 Å². The van der Waals surface area contributed by atoms with Crippen molar-refractivity contribution in [1.82, 2.24) is 19.6 Å². The third kappa shape index (κ3) is 3.22. The summed E-state index contributed by atoms with van der Waals surface area (Å²) in [6.07, 6.45) is 4.96. The summed E-state index contributed by atoms with van der Waals surface area (Å²) < 4.78 is 1.95. The predicted octanol–water partition coefficient (Wildman–Crippen LogP) is 2.55. The Morgan fingerprint density at radius 2 is 2.19 bits per heavy atom. The number of amides is 2. The largest absolute Gasteiger partial charge is 0.350 e. The summed E-state index contributed by atoms with van der Waals surface area (Å²) in [5.74, 6) is -0.0686. The zero-order valence-electron chi connectivity index (χ0n) is 14.5. The van der Waals surface area contributed by atoms with E-state index in [-0.39, 0.29) is 24.3 Å². The van der Waals surface area contributed by atoms with Gasteiger partial charge >= 0.3 is 0 Å². The number of aromatic nitrogens is 2. The van der Waals surface area contributed by atoms with Gasteiger partial charge < -0.3 is 10.2 Å². The first kappa shape index (κ1) is 16.8. The van der Waals surface area contributed by atoms with E-state index in [0.29, 0.717) is 13.1 Å². The molecule has 1 aliphatic heterocycles. The molecule has 0 saturated heterocycles. The lowest BCUT2D eigenvalue weighted by molar-refractivity contribution is -0.133. The summed E-state index contributed by atoms with van der Waals surface area (Å²) in [5, 5.41) is 4.91. The van der Waals surface area contributed by atoms with Crippen LogP contribution in [0.1, 0.15) is 36.2 Å². The smallest absolute Gasteiger partial charge is 0.222 e. The molecule has 7 heteroatoms. The number of hydrogen-bond donors (Lipinski definition) is 1. The number of thiazole rings is 1. The van der Waals surface area contributed by atoms with Gasteiger partial charge in [-0.1, -0.05) is 24.3 Å². The van der Waals surface area contributed by atoms with Crippen molar-refractivity contribution in [3.05, 3.63) is 58.9 Å². The minimum atomic E-state index is -0.206. The fourth-order valence-electron chi connectivity index (χ4n) is 3.55. The van der Waals surface area contributed by atoms with Gasteiger partial charge in [0, 0.05) is 31.2 Å². The lowest BCUT2D eigenvalue weighted by Gasteiger charge is -2.36. The van der Waals surface area contributed by atoms with Crippen molar-refractivity contribution in [3.8, 4) is 0 Å². The Morgan fingerprint density at radius 3 is 3.00 bits per heavy atom. The highest BCUT2D eigenvalue weighted by Gasteiger charge is 2.30. The summed E-state index contributed by atoms with van der Waals surface area (Å²) in [5.41, 5.74) is 3.13. The maximum Gasteiger partial charge on any atom is 0.222 e. The second-order valence-electron chi connectivity index (χ2n) is 6.48. The van der Waals surface area contributed by atoms with E-state index < -0.39 is 0 Å². The lowest BCUT2D eigenvalue weighted by atomic mass is 9.90. The minimum absolute atomic E-state index is 0.00615. The molecule has 1 aromatic carbocycles. The molecule has 1 unspecified atom stereocenters. The fourth-order valence-corrected chi connectivity index (χ4v) is 4.27. The Kier molecular flexibility index (Phi) is 4.46. The third-order valence-corrected chi connectivity index (χ3v) is 5.58. The zero-order chi connectivity index (χ0) is 18.1. The maximum absolute atomic E-state index is 12.5. The Balaban J connectivity index is 1.46. The first-order valence-electron chi connectivity index (χ1n) is 8.64. The fraction of sp³-hybridized carbons (Fsp3) is 0.316. The summed E-state index contributed by atoms with van der Waals surface area (Å²) in [6.45, 7) is 2.61. The molecule has 0 saturated carbocycles. The summed E-state index contributed by atoms with van der Waals surface area (Å²) >= 11 is 1.56. The number of fused-ring (bicyclic) bond motifs is 2. The zero-order valence-corrected chi connectivity index (χ0v) is 15.3. The van der Waals surface area contributed by atoms with Crippen LogP contribution in [0.25, 0.3) is 4.96 Å². The van der Waals surface area contributed by atoms with Crippen LogP contribution in [-0.4, -0.2) is 32.6 Å². The Morgan fingerprint density at radius 1 is 1.35 bits per heavy atom. The molecular weight excluding hydrogens is 348 g/mol. The van der Waals surface area contributed by atoms with Crippen LogP contribution in [0.2, 0.25) is 0 Å². The van der Waals surface area contributed by atoms with E-state index in [1.807, 2.05) is 40.4 Å². The number of nitrogens with one attached hydrogen (secondary N) is 1. The van der Waals surface area contributed by atoms with Crippen LogP contribution in [0.15, 0.2) is 42.0 Å². The van der Waals surface area contributed by atoms with Gasteiger partial charge in [-0.05, 0) is 17.5 Å². The van der Waals surface area contributed by atoms with Gasteiger partial charge in [0.15, 0.2) is 4.96 Å². The molecule has 0 fully saturated rings. The summed E-state index contributed by atoms with van der Waals surface area (Å²) in [7, 11) is 0. The van der Waals surface area contributed by atoms with Gasteiger partial charge in [0.05, 0.1) is 24.7 Å². The van der Waals surface area contributed by atoms with Crippen molar-refractivity contribution in [2.45, 2.75) is 32.4 Å². The normalized spacial score (nSPS) is 16.5. The van der Waals surface area contributed by atoms with Crippen molar-refractivity contribution < 1.29 is 9.59 Å². The predicted molar refractivity (Wildman–Crippen MR) is 99.8 cm³/mol. The second-order valence-corrected chi connectivity index (χ2v) is 7.36. The molecule has 3 aromatic rings. The van der Waals surface area contributed by atoms with E-state index in [1.54, 1.807) is 23.2 Å². The van der Waals surface area contributed by atoms with E-state index in [4.69, 9.17) is 0 Å². The van der Waals surface area contributed by atoms with Gasteiger partial charge in [0.2, 0.25) is 11.8 Å². The van der Waals surface area contributed by atoms with Crippen molar-refractivity contribution in [2.75, 3.05) is 6.54 Å². The summed E-state index contributed by atoms with van der Waals surface area (Å²) in [4.78, 5) is 31.8. The van der Waals surface area contributed by atoms with Gasteiger partial charge in [-0.2, -0.15) is 0 Å². The van der Waals surface area contributed by atoms with Gasteiger partial charge in [0.1, 0.15) is 0 Å². The van der Waals surface area contributed by atoms with Crippen LogP contribution in [0.5, 0.6) is 0 Å². The maximum atomic E-state index is 12.5. The van der Waals surface area contributed by atoms with Crippen molar-refractivity contribution in [3.63, 3.8) is 0 Å². The molecule has 1 aliphatic rings. The third-order valence-electron chi connectivity index (χ3n) is 4.81. The van der Waals surface area contributed by atoms with Crippen molar-refractivity contribution in [2.24, 2.45) is 0 Å². The average molecular weight is 368 g/mol. The van der Waals surface area contributed by atoms with E-state index in [0.717, 1.165) is 22.6 Å². The first-order valence-corrected chi connectivity index (χ1v) is 9.52. The van der Waals surface area contributed by atoms with E-state index in [9.17, 15) is 9.59 Å². The SMILES string of the molecule is CC(=O)N1CCc2ccccc2C1CC(=O)NCc1cn2ccsc2n1. The molecule has 0 aliphatic carbocycles. The molecule has 26 heavy (non-hydrogen) atoms. The van der Waals surface area contributed by atoms with Gasteiger partial charge in [-0.3, -0.25) is 14.0 Å². The van der Waals surface area contributed by atoms with Crippen molar-refractivity contribution in [1.29, 1.82) is 0 Å². The molecule has 134 valence electrons. The number of hydrogen-bond acceptors (Lipinski definition) is 4. The van der Waals surface area contributed by atoms with Crippen LogP contribution in [0.4, 0.5) is 0 Å². The van der Waals surface area contributed by atoms with E-state index >= 15 is 0 Å². The van der Waals surface area contributed by atoms with Crippen LogP contribution >= 0.6 is 11.3 Å². The van der Waals surface area contributed by atoms with Gasteiger partial charge in [-0.15, -0.1) is 11.3 Å². The van der Waals surface area contributed by atoms with E-state index in [1.165, 1.54) is 5.56 Å². The monoisotopic (exact) mass is 368 g/mol. The van der Waals surface area contributed by atoms with E-state index in [2.05, 4.69) is 16.4 Å². The highest BCUT2D eigenvalue weighted by Crippen LogP contribution is 2.32. The van der Waals surface area contributed by atoms with Crippen LogP contribution < -0.4 is 5.32 Å². The number of rotatable bonds is 4. The highest BCUT2D eigenvalue weighted by molar-refractivity contribution is 7.15. The highest BCUT2D eigenvalue weighted by atomic mass is 32.1. The molecule has 3 heterocycles.